The molecule has 2 rings (SSSR count). The number of rotatable bonds is 2. The molecular formula is C12H16N2O. The summed E-state index contributed by atoms with van der Waals surface area (Å²) in [6.07, 6.45) is 1.03. The predicted molar refractivity (Wildman–Crippen MR) is 61.2 cm³/mol. The van der Waals surface area contributed by atoms with Crippen LogP contribution in [0.2, 0.25) is 0 Å². The van der Waals surface area contributed by atoms with Crippen molar-refractivity contribution in [2.75, 3.05) is 11.4 Å². The SMILES string of the molecule is CCc1ccc(N2C(=O)NC[C@H]2C)cc1. The summed E-state index contributed by atoms with van der Waals surface area (Å²) in [5.74, 6) is 0. The zero-order valence-corrected chi connectivity index (χ0v) is 9.16. The van der Waals surface area contributed by atoms with Crippen molar-refractivity contribution in [2.45, 2.75) is 26.3 Å². The van der Waals surface area contributed by atoms with Crippen molar-refractivity contribution in [3.05, 3.63) is 29.8 Å². The molecule has 15 heavy (non-hydrogen) atoms. The number of amides is 2. The Balaban J connectivity index is 2.25. The van der Waals surface area contributed by atoms with Gasteiger partial charge >= 0.3 is 6.03 Å². The second kappa shape index (κ2) is 3.93. The molecule has 1 heterocycles. The van der Waals surface area contributed by atoms with Crippen molar-refractivity contribution in [2.24, 2.45) is 0 Å². The molecule has 1 fully saturated rings. The summed E-state index contributed by atoms with van der Waals surface area (Å²) in [6.45, 7) is 4.90. The fourth-order valence-electron chi connectivity index (χ4n) is 1.88. The largest absolute Gasteiger partial charge is 0.336 e. The van der Waals surface area contributed by atoms with Crippen molar-refractivity contribution in [3.63, 3.8) is 0 Å². The van der Waals surface area contributed by atoms with E-state index in [1.807, 2.05) is 19.1 Å². The Bertz CT molecular complexity index is 358. The summed E-state index contributed by atoms with van der Waals surface area (Å²) < 4.78 is 0. The van der Waals surface area contributed by atoms with Gasteiger partial charge in [-0.1, -0.05) is 19.1 Å². The van der Waals surface area contributed by atoms with Gasteiger partial charge in [0.25, 0.3) is 0 Å². The van der Waals surface area contributed by atoms with E-state index in [0.29, 0.717) is 0 Å². The highest BCUT2D eigenvalue weighted by atomic mass is 16.2. The predicted octanol–water partition coefficient (Wildman–Crippen LogP) is 2.17. The van der Waals surface area contributed by atoms with Crippen molar-refractivity contribution in [1.82, 2.24) is 5.32 Å². The monoisotopic (exact) mass is 204 g/mol. The first-order valence-electron chi connectivity index (χ1n) is 5.38. The van der Waals surface area contributed by atoms with Gasteiger partial charge < -0.3 is 5.32 Å². The molecule has 1 aromatic carbocycles. The molecule has 1 N–H and O–H groups in total. The number of carbonyl (C=O) groups excluding carboxylic acids is 1. The molecule has 1 atom stereocenters. The molecule has 1 aliphatic rings. The van der Waals surface area contributed by atoms with E-state index in [0.717, 1.165) is 18.7 Å². The standard InChI is InChI=1S/C12H16N2O/c1-3-10-4-6-11(7-5-10)14-9(2)8-13-12(14)15/h4-7,9H,3,8H2,1-2H3,(H,13,15)/t9-/m1/s1. The number of aryl methyl sites for hydroxylation is 1. The van der Waals surface area contributed by atoms with Gasteiger partial charge in [0, 0.05) is 12.2 Å². The number of carbonyl (C=O) groups is 1. The van der Waals surface area contributed by atoms with Crippen LogP contribution in [-0.4, -0.2) is 18.6 Å². The maximum Gasteiger partial charge on any atom is 0.322 e. The Kier molecular flexibility index (Phi) is 2.62. The lowest BCUT2D eigenvalue weighted by Crippen LogP contribution is -2.32. The molecule has 0 unspecified atom stereocenters. The average molecular weight is 204 g/mol. The molecule has 0 aromatic heterocycles. The van der Waals surface area contributed by atoms with Gasteiger partial charge in [-0.25, -0.2) is 4.79 Å². The normalized spacial score (nSPS) is 20.5. The molecule has 0 saturated carbocycles. The molecule has 1 aliphatic heterocycles. The lowest BCUT2D eigenvalue weighted by atomic mass is 10.1. The minimum Gasteiger partial charge on any atom is -0.336 e. The average Bonchev–Trinajstić information content (AvgIpc) is 2.59. The van der Waals surface area contributed by atoms with Gasteiger partial charge in [-0.2, -0.15) is 0 Å². The Labute approximate surface area is 90.1 Å². The number of benzene rings is 1. The minimum atomic E-state index is 0.00625. The number of hydrogen-bond acceptors (Lipinski definition) is 1. The van der Waals surface area contributed by atoms with E-state index in [1.165, 1.54) is 5.56 Å². The van der Waals surface area contributed by atoms with Crippen LogP contribution in [0.5, 0.6) is 0 Å². The van der Waals surface area contributed by atoms with Crippen LogP contribution in [0.3, 0.4) is 0 Å². The second-order valence-corrected chi connectivity index (χ2v) is 3.93. The lowest BCUT2D eigenvalue weighted by Gasteiger charge is -2.19. The van der Waals surface area contributed by atoms with E-state index in [9.17, 15) is 4.79 Å². The summed E-state index contributed by atoms with van der Waals surface area (Å²) in [5.41, 5.74) is 2.28. The van der Waals surface area contributed by atoms with Crippen LogP contribution in [-0.2, 0) is 6.42 Å². The Morgan fingerprint density at radius 2 is 2.07 bits per heavy atom. The molecule has 1 aromatic rings. The molecule has 0 bridgehead atoms. The quantitative estimate of drug-likeness (QED) is 0.786. The van der Waals surface area contributed by atoms with Gasteiger partial charge in [0.2, 0.25) is 0 Å². The van der Waals surface area contributed by atoms with Gasteiger partial charge in [0.05, 0.1) is 6.04 Å². The summed E-state index contributed by atoms with van der Waals surface area (Å²) >= 11 is 0. The molecule has 0 radical (unpaired) electrons. The highest BCUT2D eigenvalue weighted by molar-refractivity contribution is 5.94. The minimum absolute atomic E-state index is 0.00625. The summed E-state index contributed by atoms with van der Waals surface area (Å²) in [4.78, 5) is 13.4. The van der Waals surface area contributed by atoms with Crippen molar-refractivity contribution >= 4 is 11.7 Å². The molecule has 2 amide bonds. The van der Waals surface area contributed by atoms with Crippen LogP contribution in [0, 0.1) is 0 Å². The van der Waals surface area contributed by atoms with E-state index in [4.69, 9.17) is 0 Å². The third-order valence-corrected chi connectivity index (χ3v) is 2.83. The van der Waals surface area contributed by atoms with Gasteiger partial charge in [-0.15, -0.1) is 0 Å². The van der Waals surface area contributed by atoms with E-state index < -0.39 is 0 Å². The van der Waals surface area contributed by atoms with Gasteiger partial charge in [-0.05, 0) is 31.0 Å². The van der Waals surface area contributed by atoms with E-state index in [1.54, 1.807) is 4.90 Å². The van der Waals surface area contributed by atoms with Crippen LogP contribution in [0.1, 0.15) is 19.4 Å². The van der Waals surface area contributed by atoms with Gasteiger partial charge in [0.15, 0.2) is 0 Å². The van der Waals surface area contributed by atoms with Crippen LogP contribution in [0.15, 0.2) is 24.3 Å². The van der Waals surface area contributed by atoms with Crippen LogP contribution in [0.4, 0.5) is 10.5 Å². The zero-order chi connectivity index (χ0) is 10.8. The number of hydrogen-bond donors (Lipinski definition) is 1. The maximum absolute atomic E-state index is 11.6. The first-order chi connectivity index (χ1) is 7.22. The fraction of sp³-hybridized carbons (Fsp3) is 0.417. The summed E-state index contributed by atoms with van der Waals surface area (Å²) in [6, 6.07) is 8.43. The van der Waals surface area contributed by atoms with Crippen molar-refractivity contribution in [3.8, 4) is 0 Å². The van der Waals surface area contributed by atoms with E-state index in [2.05, 4.69) is 24.4 Å². The van der Waals surface area contributed by atoms with Crippen LogP contribution in [0.25, 0.3) is 0 Å². The molecule has 0 aliphatic carbocycles. The lowest BCUT2D eigenvalue weighted by molar-refractivity contribution is 0.252. The first kappa shape index (κ1) is 10.0. The molecular weight excluding hydrogens is 188 g/mol. The Morgan fingerprint density at radius 3 is 2.53 bits per heavy atom. The number of urea groups is 1. The third-order valence-electron chi connectivity index (χ3n) is 2.83. The Hall–Kier alpha value is -1.51. The van der Waals surface area contributed by atoms with Crippen LogP contribution < -0.4 is 10.2 Å². The molecule has 3 nitrogen and oxygen atoms in total. The molecule has 80 valence electrons. The number of anilines is 1. The van der Waals surface area contributed by atoms with E-state index >= 15 is 0 Å². The molecule has 1 saturated heterocycles. The highest BCUT2D eigenvalue weighted by Gasteiger charge is 2.27. The third kappa shape index (κ3) is 1.82. The van der Waals surface area contributed by atoms with Crippen LogP contribution >= 0.6 is 0 Å². The van der Waals surface area contributed by atoms with Crippen molar-refractivity contribution < 1.29 is 4.79 Å². The van der Waals surface area contributed by atoms with Gasteiger partial charge in [-0.3, -0.25) is 4.90 Å². The molecule has 0 spiro atoms. The summed E-state index contributed by atoms with van der Waals surface area (Å²) in [5, 5.41) is 2.83. The number of nitrogens with zero attached hydrogens (tertiary/aromatic N) is 1. The maximum atomic E-state index is 11.6. The Morgan fingerprint density at radius 1 is 1.40 bits per heavy atom. The number of nitrogens with one attached hydrogen (secondary N) is 1. The fourth-order valence-corrected chi connectivity index (χ4v) is 1.88. The van der Waals surface area contributed by atoms with E-state index in [-0.39, 0.29) is 12.1 Å². The topological polar surface area (TPSA) is 32.3 Å². The van der Waals surface area contributed by atoms with Crippen molar-refractivity contribution in [1.29, 1.82) is 0 Å². The molecule has 3 heteroatoms. The second-order valence-electron chi connectivity index (χ2n) is 3.93. The van der Waals surface area contributed by atoms with Gasteiger partial charge in [0.1, 0.15) is 0 Å². The highest BCUT2D eigenvalue weighted by Crippen LogP contribution is 2.20. The first-order valence-corrected chi connectivity index (χ1v) is 5.38. The summed E-state index contributed by atoms with van der Waals surface area (Å²) in [7, 11) is 0. The zero-order valence-electron chi connectivity index (χ0n) is 9.16. The smallest absolute Gasteiger partial charge is 0.322 e.